The highest BCUT2D eigenvalue weighted by Gasteiger charge is 2.33. The molecule has 0 amide bonds. The Labute approximate surface area is 207 Å². The molecule has 0 saturated heterocycles. The van der Waals surface area contributed by atoms with Crippen molar-refractivity contribution in [3.63, 3.8) is 0 Å². The number of rotatable bonds is 9. The van der Waals surface area contributed by atoms with Gasteiger partial charge in [-0.3, -0.25) is 0 Å². The van der Waals surface area contributed by atoms with Gasteiger partial charge < -0.3 is 19.5 Å². The van der Waals surface area contributed by atoms with Gasteiger partial charge in [-0.2, -0.15) is 4.98 Å². The van der Waals surface area contributed by atoms with Crippen LogP contribution in [0, 0.1) is 6.92 Å². The van der Waals surface area contributed by atoms with E-state index in [9.17, 15) is 0 Å². The Kier molecular flexibility index (Phi) is 7.63. The summed E-state index contributed by atoms with van der Waals surface area (Å²) in [5.41, 5.74) is 5.13. The van der Waals surface area contributed by atoms with E-state index in [-0.39, 0.29) is 6.04 Å². The summed E-state index contributed by atoms with van der Waals surface area (Å²) in [5.74, 6) is 1.92. The molecule has 0 bridgehead atoms. The molecule has 1 N–H and O–H groups in total. The average molecular weight is 477 g/mol. The largest absolute Gasteiger partial charge is 0.494 e. The number of allylic oxidation sites excluding steroid dienone is 1. The minimum absolute atomic E-state index is 0.198. The number of hydrogen-bond acceptors (Lipinski definition) is 5. The number of hydrogen-bond donors (Lipinski definition) is 1. The van der Waals surface area contributed by atoms with Crippen molar-refractivity contribution in [3.8, 4) is 17.1 Å². The maximum atomic E-state index is 5.84. The van der Waals surface area contributed by atoms with Crippen molar-refractivity contribution in [2.75, 3.05) is 13.2 Å². The molecular weight excluding hydrogens is 444 g/mol. The zero-order valence-electron chi connectivity index (χ0n) is 20.3. The number of nitrogens with one attached hydrogen (secondary N) is 1. The summed E-state index contributed by atoms with van der Waals surface area (Å²) in [5, 5.41) is 8.55. The summed E-state index contributed by atoms with van der Waals surface area (Å²) in [6, 6.07) is 16.0. The molecule has 1 aliphatic heterocycles. The zero-order chi connectivity index (χ0) is 24.1. The third-order valence-corrected chi connectivity index (χ3v) is 6.38. The first-order valence-corrected chi connectivity index (χ1v) is 12.3. The minimum Gasteiger partial charge on any atom is -0.494 e. The summed E-state index contributed by atoms with van der Waals surface area (Å²) in [4.78, 5) is 6.96. The molecular formula is C27H32N4O2S. The molecule has 0 radical (unpaired) electrons. The van der Waals surface area contributed by atoms with Gasteiger partial charge in [0.25, 0.3) is 5.89 Å². The van der Waals surface area contributed by atoms with Crippen LogP contribution in [0.2, 0.25) is 0 Å². The van der Waals surface area contributed by atoms with Gasteiger partial charge in [0.2, 0.25) is 5.82 Å². The lowest BCUT2D eigenvalue weighted by Gasteiger charge is -2.37. The summed E-state index contributed by atoms with van der Waals surface area (Å²) in [7, 11) is 0. The normalized spacial score (nSPS) is 16.1. The zero-order valence-corrected chi connectivity index (χ0v) is 21.1. The first-order chi connectivity index (χ1) is 16.5. The Morgan fingerprint density at radius 3 is 2.59 bits per heavy atom. The number of thiocarbonyl (C=S) groups is 1. The number of ether oxygens (including phenoxy) is 1. The smallest absolute Gasteiger partial charge is 0.258 e. The second-order valence-corrected chi connectivity index (χ2v) is 8.92. The molecule has 1 aliphatic rings. The molecule has 34 heavy (non-hydrogen) atoms. The van der Waals surface area contributed by atoms with E-state index in [4.69, 9.17) is 26.5 Å². The van der Waals surface area contributed by atoms with E-state index in [1.807, 2.05) is 31.2 Å². The van der Waals surface area contributed by atoms with Crippen LogP contribution in [0.4, 0.5) is 0 Å². The van der Waals surface area contributed by atoms with Crippen LogP contribution in [0.25, 0.3) is 17.0 Å². The van der Waals surface area contributed by atoms with Crippen LogP contribution in [0.15, 0.2) is 58.8 Å². The predicted octanol–water partition coefficient (Wildman–Crippen LogP) is 6.30. The highest BCUT2D eigenvalue weighted by molar-refractivity contribution is 7.80. The lowest BCUT2D eigenvalue weighted by Crippen LogP contribution is -2.46. The van der Waals surface area contributed by atoms with Gasteiger partial charge in [-0.05, 0) is 63.2 Å². The minimum atomic E-state index is -0.198. The molecule has 2 aromatic carbocycles. The Hall–Kier alpha value is -3.19. The first kappa shape index (κ1) is 24.0. The van der Waals surface area contributed by atoms with Gasteiger partial charge in [0.05, 0.1) is 18.2 Å². The predicted molar refractivity (Wildman–Crippen MR) is 139 cm³/mol. The van der Waals surface area contributed by atoms with Crippen LogP contribution in [0.1, 0.15) is 63.1 Å². The number of aromatic nitrogens is 2. The van der Waals surface area contributed by atoms with E-state index < -0.39 is 0 Å². The molecule has 1 unspecified atom stereocenters. The molecule has 7 heteroatoms. The van der Waals surface area contributed by atoms with Crippen molar-refractivity contribution in [1.29, 1.82) is 0 Å². The van der Waals surface area contributed by atoms with E-state index >= 15 is 0 Å². The van der Waals surface area contributed by atoms with Crippen molar-refractivity contribution >= 4 is 22.9 Å². The Morgan fingerprint density at radius 2 is 1.88 bits per heavy atom. The molecule has 1 aromatic heterocycles. The second kappa shape index (κ2) is 10.8. The van der Waals surface area contributed by atoms with E-state index in [1.54, 1.807) is 0 Å². The van der Waals surface area contributed by atoms with Crippen molar-refractivity contribution < 1.29 is 9.26 Å². The standard InChI is InChI=1S/C27H32N4O2S/c1-5-7-8-16-31-19(4)23(26-29-25(30-33-26)21-11-9-10-18(3)17-21)24(28-27(31)34)20-12-14-22(15-13-20)32-6-2/h9-15,17,24H,5-8,16H2,1-4H3,(H,28,34). The van der Waals surface area contributed by atoms with E-state index in [0.717, 1.165) is 64.6 Å². The van der Waals surface area contributed by atoms with Crippen molar-refractivity contribution in [2.45, 2.75) is 53.0 Å². The van der Waals surface area contributed by atoms with Crippen LogP contribution < -0.4 is 10.1 Å². The maximum absolute atomic E-state index is 5.84. The lowest BCUT2D eigenvalue weighted by atomic mass is 9.94. The summed E-state index contributed by atoms with van der Waals surface area (Å²) in [6.07, 6.45) is 3.37. The van der Waals surface area contributed by atoms with Crippen molar-refractivity contribution in [3.05, 3.63) is 71.2 Å². The molecule has 2 heterocycles. The third kappa shape index (κ3) is 5.14. The lowest BCUT2D eigenvalue weighted by molar-refractivity contribution is 0.340. The number of nitrogens with zero attached hydrogens (tertiary/aromatic N) is 3. The molecule has 4 rings (SSSR count). The van der Waals surface area contributed by atoms with Crippen LogP contribution >= 0.6 is 12.2 Å². The SMILES string of the molecule is CCCCCN1C(=S)NC(c2ccc(OCC)cc2)C(c2nc(-c3cccc(C)c3)no2)=C1C. The fourth-order valence-electron chi connectivity index (χ4n) is 4.26. The van der Waals surface area contributed by atoms with Crippen LogP contribution in [-0.2, 0) is 0 Å². The molecule has 0 aliphatic carbocycles. The quantitative estimate of drug-likeness (QED) is 0.287. The number of aryl methyl sites for hydroxylation is 1. The molecule has 0 spiro atoms. The summed E-state index contributed by atoms with van der Waals surface area (Å²) >= 11 is 5.79. The van der Waals surface area contributed by atoms with Gasteiger partial charge in [0.15, 0.2) is 5.11 Å². The summed E-state index contributed by atoms with van der Waals surface area (Å²) in [6.45, 7) is 9.81. The Morgan fingerprint density at radius 1 is 1.09 bits per heavy atom. The van der Waals surface area contributed by atoms with Gasteiger partial charge >= 0.3 is 0 Å². The Bertz CT molecular complexity index is 1170. The van der Waals surface area contributed by atoms with E-state index in [2.05, 4.69) is 60.4 Å². The molecule has 0 saturated carbocycles. The number of unbranched alkanes of at least 4 members (excludes halogenated alkanes) is 2. The van der Waals surface area contributed by atoms with Crippen LogP contribution in [-0.4, -0.2) is 33.3 Å². The second-order valence-electron chi connectivity index (χ2n) is 8.53. The van der Waals surface area contributed by atoms with Gasteiger partial charge in [-0.25, -0.2) is 0 Å². The van der Waals surface area contributed by atoms with Gasteiger partial charge in [0, 0.05) is 17.8 Å². The van der Waals surface area contributed by atoms with Crippen LogP contribution in [0.3, 0.4) is 0 Å². The number of benzene rings is 2. The highest BCUT2D eigenvalue weighted by atomic mass is 32.1. The maximum Gasteiger partial charge on any atom is 0.258 e. The average Bonchev–Trinajstić information content (AvgIpc) is 3.31. The molecule has 3 aromatic rings. The molecule has 0 fully saturated rings. The van der Waals surface area contributed by atoms with Crippen molar-refractivity contribution in [1.82, 2.24) is 20.4 Å². The van der Waals surface area contributed by atoms with Gasteiger partial charge in [0.1, 0.15) is 5.75 Å². The molecule has 6 nitrogen and oxygen atoms in total. The van der Waals surface area contributed by atoms with Gasteiger partial charge in [-0.15, -0.1) is 0 Å². The van der Waals surface area contributed by atoms with Crippen molar-refractivity contribution in [2.24, 2.45) is 0 Å². The fraction of sp³-hybridized carbons (Fsp3) is 0.370. The Balaban J connectivity index is 1.75. The monoisotopic (exact) mass is 476 g/mol. The van der Waals surface area contributed by atoms with Gasteiger partial charge in [-0.1, -0.05) is 60.8 Å². The molecule has 1 atom stereocenters. The first-order valence-electron chi connectivity index (χ1n) is 11.9. The topological polar surface area (TPSA) is 63.4 Å². The fourth-order valence-corrected chi connectivity index (χ4v) is 4.60. The van der Waals surface area contributed by atoms with E-state index in [1.165, 1.54) is 0 Å². The van der Waals surface area contributed by atoms with E-state index in [0.29, 0.717) is 18.3 Å². The van der Waals surface area contributed by atoms with Crippen LogP contribution in [0.5, 0.6) is 5.75 Å². The third-order valence-electron chi connectivity index (χ3n) is 6.04. The molecule has 178 valence electrons. The summed E-state index contributed by atoms with van der Waals surface area (Å²) < 4.78 is 11.5. The highest BCUT2D eigenvalue weighted by Crippen LogP contribution is 2.38.